The Hall–Kier alpha value is -4.25. The van der Waals surface area contributed by atoms with Crippen LogP contribution in [0.4, 0.5) is 5.69 Å². The number of benzene rings is 1. The van der Waals surface area contributed by atoms with Crippen LogP contribution in [-0.2, 0) is 11.8 Å². The summed E-state index contributed by atoms with van der Waals surface area (Å²) in [7, 11) is 4.99. The molecule has 0 unspecified atom stereocenters. The third kappa shape index (κ3) is 3.78. The first-order valence-corrected chi connectivity index (χ1v) is 10.2. The summed E-state index contributed by atoms with van der Waals surface area (Å²) in [5.74, 6) is 1.62. The molecule has 0 saturated carbocycles. The predicted octanol–water partition coefficient (Wildman–Crippen LogP) is 2.40. The smallest absolute Gasteiger partial charge is 0.261 e. The quantitative estimate of drug-likeness (QED) is 0.347. The minimum Gasteiger partial charge on any atom is -0.497 e. The molecule has 168 valence electrons. The van der Waals surface area contributed by atoms with Crippen LogP contribution in [0.5, 0.6) is 5.75 Å². The summed E-state index contributed by atoms with van der Waals surface area (Å²) in [6.45, 7) is 0.280. The lowest BCUT2D eigenvalue weighted by Crippen LogP contribution is -2.22. The Bertz CT molecular complexity index is 1490. The fourth-order valence-corrected chi connectivity index (χ4v) is 3.79. The Balaban J connectivity index is 1.71. The van der Waals surface area contributed by atoms with Crippen LogP contribution in [0.1, 0.15) is 11.9 Å². The normalized spacial score (nSPS) is 12.3. The van der Waals surface area contributed by atoms with Gasteiger partial charge in [-0.2, -0.15) is 5.10 Å². The zero-order valence-electron chi connectivity index (χ0n) is 18.3. The fourth-order valence-electron chi connectivity index (χ4n) is 3.79. The average molecular weight is 446 g/mol. The number of aromatic amines is 2. The predicted molar refractivity (Wildman–Crippen MR) is 123 cm³/mol. The average Bonchev–Trinajstić information content (AvgIpc) is 3.40. The molecule has 3 N–H and O–H groups in total. The topological polar surface area (TPSA) is 136 Å². The van der Waals surface area contributed by atoms with Crippen molar-refractivity contribution in [1.29, 1.82) is 0 Å². The van der Waals surface area contributed by atoms with Gasteiger partial charge in [-0.3, -0.25) is 9.48 Å². The number of pyridine rings is 1. The van der Waals surface area contributed by atoms with Gasteiger partial charge < -0.3 is 24.8 Å². The number of nitrogens with one attached hydrogen (secondary N) is 3. The van der Waals surface area contributed by atoms with Gasteiger partial charge in [-0.05, 0) is 18.2 Å². The highest BCUT2D eigenvalue weighted by Gasteiger charge is 2.24. The van der Waals surface area contributed by atoms with Gasteiger partial charge in [0.15, 0.2) is 5.82 Å². The lowest BCUT2D eigenvalue weighted by Gasteiger charge is -2.19. The molecule has 11 nitrogen and oxygen atoms in total. The molecule has 4 heterocycles. The summed E-state index contributed by atoms with van der Waals surface area (Å²) in [4.78, 5) is 32.8. The first kappa shape index (κ1) is 20.6. The number of rotatable bonds is 7. The van der Waals surface area contributed by atoms with Crippen molar-refractivity contribution in [3.05, 3.63) is 59.0 Å². The van der Waals surface area contributed by atoms with Crippen LogP contribution in [-0.4, -0.2) is 55.5 Å². The number of aryl methyl sites for hydroxylation is 1. The van der Waals surface area contributed by atoms with Crippen LogP contribution in [0.25, 0.3) is 33.5 Å². The molecule has 0 fully saturated rings. The zero-order valence-corrected chi connectivity index (χ0v) is 18.3. The van der Waals surface area contributed by atoms with Gasteiger partial charge in [0.2, 0.25) is 0 Å². The molecule has 33 heavy (non-hydrogen) atoms. The highest BCUT2D eigenvalue weighted by Crippen LogP contribution is 2.32. The minimum atomic E-state index is -0.425. The molecule has 0 aliphatic carbocycles. The van der Waals surface area contributed by atoms with Crippen molar-refractivity contribution >= 4 is 27.8 Å². The number of hydrogen-bond donors (Lipinski definition) is 3. The Morgan fingerprint density at radius 3 is 2.73 bits per heavy atom. The molecule has 0 bridgehead atoms. The molecule has 0 spiro atoms. The second-order valence-electron chi connectivity index (χ2n) is 7.50. The number of hydrogen-bond acceptors (Lipinski definition) is 8. The van der Waals surface area contributed by atoms with Gasteiger partial charge >= 0.3 is 0 Å². The van der Waals surface area contributed by atoms with E-state index in [1.54, 1.807) is 50.6 Å². The summed E-state index contributed by atoms with van der Waals surface area (Å²) in [6, 6.07) is 6.80. The van der Waals surface area contributed by atoms with Crippen molar-refractivity contribution in [3.63, 3.8) is 0 Å². The Kier molecular flexibility index (Phi) is 5.23. The number of anilines is 1. The molecule has 5 rings (SSSR count). The number of methoxy groups -OCH3 is 2. The van der Waals surface area contributed by atoms with E-state index in [2.05, 4.69) is 35.3 Å². The van der Waals surface area contributed by atoms with Crippen molar-refractivity contribution in [1.82, 2.24) is 34.7 Å². The standard InChI is InChI=1S/C22H22N8O3/c1-30-10-15-18(29-30)19(25-16(11-32-2)20-23-7-4-8-24-20)17(22(31)28-15)21-26-13-6-5-12(33-3)9-14(13)27-21/h4-10,16,25H,11H2,1-3H3,(H,26,27)(H,28,31)/t16-/m0/s1. The Morgan fingerprint density at radius 1 is 1.15 bits per heavy atom. The van der Waals surface area contributed by atoms with E-state index in [-0.39, 0.29) is 12.2 Å². The summed E-state index contributed by atoms with van der Waals surface area (Å²) in [6.07, 6.45) is 5.07. The van der Waals surface area contributed by atoms with E-state index in [4.69, 9.17) is 9.47 Å². The van der Waals surface area contributed by atoms with E-state index in [1.165, 1.54) is 0 Å². The van der Waals surface area contributed by atoms with Crippen molar-refractivity contribution < 1.29 is 9.47 Å². The van der Waals surface area contributed by atoms with Gasteiger partial charge in [-0.1, -0.05) is 0 Å². The van der Waals surface area contributed by atoms with Gasteiger partial charge in [0, 0.05) is 38.8 Å². The zero-order chi connectivity index (χ0) is 22.9. The summed E-state index contributed by atoms with van der Waals surface area (Å²) in [5.41, 5.74) is 3.16. The monoisotopic (exact) mass is 446 g/mol. The van der Waals surface area contributed by atoms with E-state index in [9.17, 15) is 4.79 Å². The SMILES string of the molecule is COC[C@H](Nc1c(-c2nc3ccc(OC)cc3[nH]2)c(=O)[nH]c2cn(C)nc12)c1ncccn1. The fraction of sp³-hybridized carbons (Fsp3) is 0.227. The van der Waals surface area contributed by atoms with Gasteiger partial charge in [-0.25, -0.2) is 15.0 Å². The third-order valence-corrected chi connectivity index (χ3v) is 5.27. The molecule has 0 aliphatic rings. The molecule has 0 aliphatic heterocycles. The second-order valence-corrected chi connectivity index (χ2v) is 7.50. The Morgan fingerprint density at radius 2 is 1.97 bits per heavy atom. The molecular weight excluding hydrogens is 424 g/mol. The van der Waals surface area contributed by atoms with Crippen LogP contribution in [0.2, 0.25) is 0 Å². The van der Waals surface area contributed by atoms with E-state index in [1.807, 2.05) is 18.2 Å². The summed E-state index contributed by atoms with van der Waals surface area (Å²) < 4.78 is 12.4. The van der Waals surface area contributed by atoms with Crippen LogP contribution in [0.3, 0.4) is 0 Å². The lowest BCUT2D eigenvalue weighted by atomic mass is 10.1. The second kappa shape index (κ2) is 8.36. The van der Waals surface area contributed by atoms with Crippen molar-refractivity contribution in [3.8, 4) is 17.1 Å². The van der Waals surface area contributed by atoms with E-state index < -0.39 is 6.04 Å². The lowest BCUT2D eigenvalue weighted by molar-refractivity contribution is 0.184. The number of H-pyrrole nitrogens is 2. The number of ether oxygens (including phenoxy) is 2. The number of nitrogens with zero attached hydrogens (tertiary/aromatic N) is 5. The summed E-state index contributed by atoms with van der Waals surface area (Å²) in [5, 5.41) is 7.97. The maximum absolute atomic E-state index is 13.3. The highest BCUT2D eigenvalue weighted by molar-refractivity contribution is 5.96. The molecular formula is C22H22N8O3. The molecule has 5 aromatic rings. The van der Waals surface area contributed by atoms with Crippen molar-refractivity contribution in [2.45, 2.75) is 6.04 Å². The molecule has 1 aromatic carbocycles. The highest BCUT2D eigenvalue weighted by atomic mass is 16.5. The van der Waals surface area contributed by atoms with Gasteiger partial charge in [-0.15, -0.1) is 0 Å². The maximum Gasteiger partial charge on any atom is 0.261 e. The van der Waals surface area contributed by atoms with Gasteiger partial charge in [0.1, 0.15) is 28.7 Å². The molecule has 1 atom stereocenters. The Labute approximate surface area is 187 Å². The molecule has 11 heteroatoms. The number of fused-ring (bicyclic) bond motifs is 2. The third-order valence-electron chi connectivity index (χ3n) is 5.27. The van der Waals surface area contributed by atoms with Crippen molar-refractivity contribution in [2.75, 3.05) is 26.1 Å². The van der Waals surface area contributed by atoms with E-state index in [0.29, 0.717) is 45.2 Å². The molecule has 0 amide bonds. The van der Waals surface area contributed by atoms with Crippen molar-refractivity contribution in [2.24, 2.45) is 7.05 Å². The van der Waals surface area contributed by atoms with Crippen LogP contribution >= 0.6 is 0 Å². The maximum atomic E-state index is 13.3. The van der Waals surface area contributed by atoms with Crippen LogP contribution in [0.15, 0.2) is 47.7 Å². The van der Waals surface area contributed by atoms with Gasteiger partial charge in [0.05, 0.1) is 36.0 Å². The van der Waals surface area contributed by atoms with Crippen LogP contribution in [0, 0.1) is 0 Å². The summed E-state index contributed by atoms with van der Waals surface area (Å²) >= 11 is 0. The number of aromatic nitrogens is 7. The molecule has 0 saturated heterocycles. The van der Waals surface area contributed by atoms with E-state index >= 15 is 0 Å². The molecule has 4 aromatic heterocycles. The number of imidazole rings is 1. The van der Waals surface area contributed by atoms with Gasteiger partial charge in [0.25, 0.3) is 5.56 Å². The minimum absolute atomic E-state index is 0.280. The largest absolute Gasteiger partial charge is 0.497 e. The first-order valence-electron chi connectivity index (χ1n) is 10.2. The first-order chi connectivity index (χ1) is 16.1. The van der Waals surface area contributed by atoms with Crippen LogP contribution < -0.4 is 15.6 Å². The van der Waals surface area contributed by atoms with E-state index in [0.717, 1.165) is 5.52 Å². The molecule has 0 radical (unpaired) electrons.